The van der Waals surface area contributed by atoms with Crippen molar-refractivity contribution >= 4 is 49.5 Å². The van der Waals surface area contributed by atoms with Crippen LogP contribution >= 0.6 is 11.8 Å². The zero-order valence-corrected chi connectivity index (χ0v) is 17.2. The Labute approximate surface area is 179 Å². The molecule has 158 valence electrons. The Hall–Kier alpha value is -3.51. The van der Waals surface area contributed by atoms with Crippen LogP contribution in [0.1, 0.15) is 5.69 Å². The van der Waals surface area contributed by atoms with E-state index in [2.05, 4.69) is 9.98 Å². The molecule has 0 saturated heterocycles. The molecular weight excluding hydrogens is 446 g/mol. The summed E-state index contributed by atoms with van der Waals surface area (Å²) in [6.07, 6.45) is 0. The van der Waals surface area contributed by atoms with E-state index in [1.165, 1.54) is 42.1 Å². The molecule has 2 heterocycles. The number of hydrogen-bond acceptors (Lipinski definition) is 9. The molecule has 4 rings (SSSR count). The van der Waals surface area contributed by atoms with Crippen LogP contribution in [0.25, 0.3) is 10.9 Å². The lowest BCUT2D eigenvalue weighted by atomic mass is 10.2. The van der Waals surface area contributed by atoms with E-state index in [4.69, 9.17) is 9.29 Å². The van der Waals surface area contributed by atoms with Gasteiger partial charge in [0.1, 0.15) is 10.8 Å². The lowest BCUT2D eigenvalue weighted by Crippen LogP contribution is -2.17. The standard InChI is InChI=1S/C19H13N3O7S2/c23-19(24)15-10-30-18(21-15)14-7-5-11-9-12(6-8-13(11)20-14)29-31(27,28)17-4-2-1-3-16(17)22(25)26/h1-9,15H,10H2,(H,23,24). The molecule has 1 N–H and O–H groups in total. The first kappa shape index (κ1) is 20.8. The third kappa shape index (κ3) is 4.20. The molecule has 1 aromatic heterocycles. The van der Waals surface area contributed by atoms with Crippen molar-refractivity contribution in [3.63, 3.8) is 0 Å². The predicted octanol–water partition coefficient (Wildman–Crippen LogP) is 2.86. The molecule has 0 saturated carbocycles. The van der Waals surface area contributed by atoms with Crippen LogP contribution < -0.4 is 4.18 Å². The highest BCUT2D eigenvalue weighted by molar-refractivity contribution is 8.14. The number of nitrogens with zero attached hydrogens (tertiary/aromatic N) is 3. The van der Waals surface area contributed by atoms with Gasteiger partial charge in [-0.05, 0) is 30.3 Å². The van der Waals surface area contributed by atoms with Gasteiger partial charge in [-0.3, -0.25) is 15.1 Å². The fourth-order valence-corrected chi connectivity index (χ4v) is 4.99. The van der Waals surface area contributed by atoms with E-state index in [1.54, 1.807) is 12.1 Å². The number of nitro groups is 1. The average molecular weight is 459 g/mol. The molecule has 31 heavy (non-hydrogen) atoms. The van der Waals surface area contributed by atoms with E-state index >= 15 is 0 Å². The molecule has 12 heteroatoms. The van der Waals surface area contributed by atoms with Gasteiger partial charge in [-0.2, -0.15) is 8.42 Å². The van der Waals surface area contributed by atoms with E-state index in [0.29, 0.717) is 27.4 Å². The molecule has 3 aromatic rings. The third-order valence-electron chi connectivity index (χ3n) is 4.35. The van der Waals surface area contributed by atoms with Gasteiger partial charge in [0.25, 0.3) is 5.69 Å². The summed E-state index contributed by atoms with van der Waals surface area (Å²) in [7, 11) is -4.43. The van der Waals surface area contributed by atoms with Crippen LogP contribution in [0.5, 0.6) is 5.75 Å². The van der Waals surface area contributed by atoms with E-state index in [0.717, 1.165) is 12.1 Å². The topological polar surface area (TPSA) is 149 Å². The third-order valence-corrected chi connectivity index (χ3v) is 6.72. The summed E-state index contributed by atoms with van der Waals surface area (Å²) < 4.78 is 30.2. The summed E-state index contributed by atoms with van der Waals surface area (Å²) in [6.45, 7) is 0. The van der Waals surface area contributed by atoms with E-state index in [1.807, 2.05) is 0 Å². The molecule has 0 amide bonds. The van der Waals surface area contributed by atoms with E-state index < -0.39 is 37.6 Å². The number of rotatable bonds is 6. The Kier molecular flexibility index (Phi) is 5.33. The second-order valence-corrected chi connectivity index (χ2v) is 8.94. The number of nitro benzene ring substituents is 1. The van der Waals surface area contributed by atoms with Crippen LogP contribution in [-0.2, 0) is 14.9 Å². The summed E-state index contributed by atoms with van der Waals surface area (Å²) in [6, 6.07) is 11.8. The van der Waals surface area contributed by atoms with Gasteiger partial charge in [-0.25, -0.2) is 9.78 Å². The molecule has 1 unspecified atom stereocenters. The maximum absolute atomic E-state index is 12.6. The maximum atomic E-state index is 12.6. The van der Waals surface area contributed by atoms with Gasteiger partial charge in [-0.1, -0.05) is 18.2 Å². The number of carbonyl (C=O) groups is 1. The molecule has 10 nitrogen and oxygen atoms in total. The molecule has 0 spiro atoms. The van der Waals surface area contributed by atoms with Gasteiger partial charge >= 0.3 is 16.1 Å². The van der Waals surface area contributed by atoms with Crippen molar-refractivity contribution < 1.29 is 27.4 Å². The molecule has 0 radical (unpaired) electrons. The van der Waals surface area contributed by atoms with Crippen molar-refractivity contribution in [3.8, 4) is 5.75 Å². The van der Waals surface area contributed by atoms with Crippen LogP contribution in [0.2, 0.25) is 0 Å². The Morgan fingerprint density at radius 3 is 2.68 bits per heavy atom. The SMILES string of the molecule is O=C(O)C1CSC(c2ccc3cc(OS(=O)(=O)c4ccccc4[N+](=O)[O-])ccc3n2)=N1. The number of benzene rings is 2. The maximum Gasteiger partial charge on any atom is 0.346 e. The van der Waals surface area contributed by atoms with E-state index in [-0.39, 0.29) is 5.75 Å². The van der Waals surface area contributed by atoms with Gasteiger partial charge in [0, 0.05) is 17.2 Å². The lowest BCUT2D eigenvalue weighted by molar-refractivity contribution is -0.387. The fraction of sp³-hybridized carbons (Fsp3) is 0.105. The van der Waals surface area contributed by atoms with Gasteiger partial charge in [0.2, 0.25) is 0 Å². The fourth-order valence-electron chi connectivity index (χ4n) is 2.91. The highest BCUT2D eigenvalue weighted by Crippen LogP contribution is 2.29. The Morgan fingerprint density at radius 1 is 1.19 bits per heavy atom. The van der Waals surface area contributed by atoms with Crippen LogP contribution in [0, 0.1) is 10.1 Å². The molecular formula is C19H13N3O7S2. The van der Waals surface area contributed by atoms with Gasteiger partial charge < -0.3 is 9.29 Å². The Balaban J connectivity index is 1.63. The molecule has 0 fully saturated rings. The highest BCUT2D eigenvalue weighted by Gasteiger charge is 2.28. The number of carboxylic acid groups (broad SMARTS) is 1. The first-order chi connectivity index (χ1) is 14.7. The Bertz CT molecular complexity index is 1360. The van der Waals surface area contributed by atoms with Crippen molar-refractivity contribution in [1.82, 2.24) is 4.98 Å². The van der Waals surface area contributed by atoms with Crippen molar-refractivity contribution in [3.05, 3.63) is 70.4 Å². The largest absolute Gasteiger partial charge is 0.480 e. The number of thioether (sulfide) groups is 1. The van der Waals surface area contributed by atoms with Gasteiger partial charge in [0.15, 0.2) is 10.9 Å². The van der Waals surface area contributed by atoms with Crippen molar-refractivity contribution in [2.45, 2.75) is 10.9 Å². The minimum absolute atomic E-state index is 0.0290. The van der Waals surface area contributed by atoms with Crippen LogP contribution in [0.15, 0.2) is 64.5 Å². The number of aliphatic imine (C=N–C) groups is 1. The molecule has 0 bridgehead atoms. The quantitative estimate of drug-likeness (QED) is 0.333. The first-order valence-electron chi connectivity index (χ1n) is 8.77. The zero-order valence-electron chi connectivity index (χ0n) is 15.5. The first-order valence-corrected chi connectivity index (χ1v) is 11.2. The van der Waals surface area contributed by atoms with Crippen LogP contribution in [-0.4, -0.2) is 46.2 Å². The second kappa shape index (κ2) is 7.96. The summed E-state index contributed by atoms with van der Waals surface area (Å²) >= 11 is 1.30. The summed E-state index contributed by atoms with van der Waals surface area (Å²) in [5.74, 6) is -0.690. The van der Waals surface area contributed by atoms with Crippen LogP contribution in [0.3, 0.4) is 0 Å². The molecule has 1 atom stereocenters. The molecule has 1 aliphatic heterocycles. The number of aliphatic carboxylic acids is 1. The monoisotopic (exact) mass is 459 g/mol. The van der Waals surface area contributed by atoms with Crippen LogP contribution in [0.4, 0.5) is 5.69 Å². The number of fused-ring (bicyclic) bond motifs is 1. The van der Waals surface area contributed by atoms with Gasteiger partial charge in [0.05, 0.1) is 16.1 Å². The Morgan fingerprint density at radius 2 is 1.97 bits per heavy atom. The normalized spacial score (nSPS) is 16.1. The summed E-state index contributed by atoms with van der Waals surface area (Å²) in [5.41, 5.74) is 0.460. The minimum atomic E-state index is -4.43. The number of para-hydroxylation sites is 1. The number of pyridine rings is 1. The average Bonchev–Trinajstić information content (AvgIpc) is 3.24. The van der Waals surface area contributed by atoms with Crippen molar-refractivity contribution in [2.24, 2.45) is 4.99 Å². The minimum Gasteiger partial charge on any atom is -0.480 e. The number of aromatic nitrogens is 1. The van der Waals surface area contributed by atoms with Crippen molar-refractivity contribution in [1.29, 1.82) is 0 Å². The molecule has 2 aromatic carbocycles. The smallest absolute Gasteiger partial charge is 0.346 e. The molecule has 1 aliphatic rings. The highest BCUT2D eigenvalue weighted by atomic mass is 32.2. The molecule has 0 aliphatic carbocycles. The summed E-state index contributed by atoms with van der Waals surface area (Å²) in [5, 5.41) is 21.3. The summed E-state index contributed by atoms with van der Waals surface area (Å²) in [4.78, 5) is 29.4. The van der Waals surface area contributed by atoms with Crippen molar-refractivity contribution in [2.75, 3.05) is 5.75 Å². The van der Waals surface area contributed by atoms with E-state index in [9.17, 15) is 23.3 Å². The van der Waals surface area contributed by atoms with Gasteiger partial charge in [-0.15, -0.1) is 11.8 Å². The second-order valence-electron chi connectivity index (χ2n) is 6.41. The lowest BCUT2D eigenvalue weighted by Gasteiger charge is -2.09. The number of hydrogen-bond donors (Lipinski definition) is 1. The number of carboxylic acids is 1. The zero-order chi connectivity index (χ0) is 22.2. The predicted molar refractivity (Wildman–Crippen MR) is 113 cm³/mol.